The van der Waals surface area contributed by atoms with E-state index in [9.17, 15) is 0 Å². The smallest absolute Gasteiger partial charge is 0.0525 e. The summed E-state index contributed by atoms with van der Waals surface area (Å²) in [5, 5.41) is 5.68. The van der Waals surface area contributed by atoms with E-state index in [1.54, 1.807) is 0 Å². The van der Waals surface area contributed by atoms with Gasteiger partial charge < -0.3 is 10.2 Å². The van der Waals surface area contributed by atoms with Crippen molar-refractivity contribution in [3.8, 4) is 0 Å². The summed E-state index contributed by atoms with van der Waals surface area (Å²) in [6.45, 7) is 9.74. The number of anilines is 1. The van der Waals surface area contributed by atoms with Crippen LogP contribution in [-0.2, 0) is 13.1 Å². The second kappa shape index (κ2) is 8.20. The van der Waals surface area contributed by atoms with Gasteiger partial charge in [0.15, 0.2) is 0 Å². The lowest BCUT2D eigenvalue weighted by molar-refractivity contribution is 0.655. The zero-order valence-electron chi connectivity index (χ0n) is 13.3. The summed E-state index contributed by atoms with van der Waals surface area (Å²) in [7, 11) is 0. The van der Waals surface area contributed by atoms with Crippen LogP contribution in [0.25, 0.3) is 0 Å². The second-order valence-electron chi connectivity index (χ2n) is 5.61. The van der Waals surface area contributed by atoms with E-state index in [-0.39, 0.29) is 0 Å². The second-order valence-corrected chi connectivity index (χ2v) is 6.64. The summed E-state index contributed by atoms with van der Waals surface area (Å²) in [4.78, 5) is 3.91. The van der Waals surface area contributed by atoms with E-state index in [2.05, 4.69) is 72.8 Å². The van der Waals surface area contributed by atoms with Gasteiger partial charge in [0.05, 0.1) is 6.54 Å². The Kier molecular flexibility index (Phi) is 6.27. The van der Waals surface area contributed by atoms with E-state index >= 15 is 0 Å². The third-order valence-corrected chi connectivity index (χ3v) is 4.43. The maximum atomic E-state index is 3.52. The molecule has 2 rings (SSSR count). The maximum absolute atomic E-state index is 3.52. The van der Waals surface area contributed by atoms with Crippen LogP contribution in [0.2, 0.25) is 0 Å². The van der Waals surface area contributed by atoms with Gasteiger partial charge in [-0.2, -0.15) is 0 Å². The van der Waals surface area contributed by atoms with E-state index < -0.39 is 0 Å². The molecule has 114 valence electrons. The fraction of sp³-hybridized carbons (Fsp3) is 0.444. The molecule has 1 aromatic carbocycles. The minimum atomic E-state index is 0.486. The normalized spacial score (nSPS) is 11.0. The molecule has 0 aliphatic heterocycles. The van der Waals surface area contributed by atoms with Crippen molar-refractivity contribution < 1.29 is 0 Å². The summed E-state index contributed by atoms with van der Waals surface area (Å²) < 4.78 is 0. The highest BCUT2D eigenvalue weighted by Gasteiger charge is 2.14. The lowest BCUT2D eigenvalue weighted by atomic mass is 10.1. The molecule has 0 saturated carbocycles. The molecule has 0 unspecified atom stereocenters. The molecule has 0 spiro atoms. The number of rotatable bonds is 8. The largest absolute Gasteiger partial charge is 0.364 e. The summed E-state index contributed by atoms with van der Waals surface area (Å²) in [6.07, 6.45) is 1.17. The molecule has 0 bridgehead atoms. The van der Waals surface area contributed by atoms with Crippen LogP contribution >= 0.6 is 11.3 Å². The number of hydrogen-bond acceptors (Lipinski definition) is 3. The van der Waals surface area contributed by atoms with Gasteiger partial charge >= 0.3 is 0 Å². The quantitative estimate of drug-likeness (QED) is 0.713. The molecule has 21 heavy (non-hydrogen) atoms. The van der Waals surface area contributed by atoms with Crippen molar-refractivity contribution in [3.63, 3.8) is 0 Å². The molecule has 0 aliphatic carbocycles. The van der Waals surface area contributed by atoms with E-state index in [1.165, 1.54) is 22.5 Å². The highest BCUT2D eigenvalue weighted by atomic mass is 32.1. The van der Waals surface area contributed by atoms with Crippen molar-refractivity contribution >= 4 is 17.0 Å². The average molecular weight is 302 g/mol. The number of para-hydroxylation sites is 1. The first kappa shape index (κ1) is 16.1. The van der Waals surface area contributed by atoms with E-state index in [0.717, 1.165) is 19.6 Å². The summed E-state index contributed by atoms with van der Waals surface area (Å²) in [5.41, 5.74) is 2.74. The van der Waals surface area contributed by atoms with Gasteiger partial charge in [-0.1, -0.05) is 31.2 Å². The molecular weight excluding hydrogens is 276 g/mol. The SMILES string of the molecule is CCCNCc1ccccc1N(Cc1cccs1)C(C)C. The first-order valence-electron chi connectivity index (χ1n) is 7.80. The van der Waals surface area contributed by atoms with Crippen molar-refractivity contribution in [1.29, 1.82) is 0 Å². The monoisotopic (exact) mass is 302 g/mol. The lowest BCUT2D eigenvalue weighted by Crippen LogP contribution is -2.31. The van der Waals surface area contributed by atoms with Crippen LogP contribution < -0.4 is 10.2 Å². The topological polar surface area (TPSA) is 15.3 Å². The standard InChI is InChI=1S/C18H26N2S/c1-4-11-19-13-16-8-5-6-10-18(16)20(15(2)3)14-17-9-7-12-21-17/h5-10,12,15,19H,4,11,13-14H2,1-3H3. The molecule has 2 nitrogen and oxygen atoms in total. The summed E-state index contributed by atoms with van der Waals surface area (Å²) >= 11 is 1.83. The zero-order valence-corrected chi connectivity index (χ0v) is 14.1. The van der Waals surface area contributed by atoms with E-state index in [0.29, 0.717) is 6.04 Å². The Balaban J connectivity index is 2.19. The Morgan fingerprint density at radius 1 is 1.14 bits per heavy atom. The van der Waals surface area contributed by atoms with Gasteiger partial charge in [0, 0.05) is 23.2 Å². The molecular formula is C18H26N2S. The predicted octanol–water partition coefficient (Wildman–Crippen LogP) is 4.66. The molecule has 2 aromatic rings. The van der Waals surface area contributed by atoms with Crippen molar-refractivity contribution in [2.75, 3.05) is 11.4 Å². The number of nitrogens with zero attached hydrogens (tertiary/aromatic N) is 1. The molecule has 1 aromatic heterocycles. The first-order chi connectivity index (χ1) is 10.2. The van der Waals surface area contributed by atoms with Crippen LogP contribution in [0.15, 0.2) is 41.8 Å². The van der Waals surface area contributed by atoms with Gasteiger partial charge in [-0.05, 0) is 49.9 Å². The molecule has 0 atom stereocenters. The van der Waals surface area contributed by atoms with Crippen LogP contribution in [-0.4, -0.2) is 12.6 Å². The van der Waals surface area contributed by atoms with Crippen molar-refractivity contribution in [2.45, 2.75) is 46.3 Å². The van der Waals surface area contributed by atoms with Gasteiger partial charge in [-0.25, -0.2) is 0 Å². The van der Waals surface area contributed by atoms with E-state index in [1.807, 2.05) is 11.3 Å². The highest BCUT2D eigenvalue weighted by molar-refractivity contribution is 7.09. The number of nitrogens with one attached hydrogen (secondary N) is 1. The third-order valence-electron chi connectivity index (χ3n) is 3.57. The Bertz CT molecular complexity index is 520. The fourth-order valence-corrected chi connectivity index (χ4v) is 3.16. The van der Waals surface area contributed by atoms with Gasteiger partial charge in [0.25, 0.3) is 0 Å². The van der Waals surface area contributed by atoms with Crippen LogP contribution in [0.5, 0.6) is 0 Å². The highest BCUT2D eigenvalue weighted by Crippen LogP contribution is 2.25. The maximum Gasteiger partial charge on any atom is 0.0525 e. The molecule has 0 amide bonds. The average Bonchev–Trinajstić information content (AvgIpc) is 2.98. The summed E-state index contributed by atoms with van der Waals surface area (Å²) in [5.74, 6) is 0. The van der Waals surface area contributed by atoms with Gasteiger partial charge in [-0.15, -0.1) is 11.3 Å². The van der Waals surface area contributed by atoms with E-state index in [4.69, 9.17) is 0 Å². The molecule has 0 fully saturated rings. The molecule has 0 radical (unpaired) electrons. The third kappa shape index (κ3) is 4.58. The molecule has 0 saturated heterocycles. The molecule has 0 aliphatic rings. The first-order valence-corrected chi connectivity index (χ1v) is 8.68. The molecule has 1 heterocycles. The Labute approximate surface area is 132 Å². The fourth-order valence-electron chi connectivity index (χ4n) is 2.46. The van der Waals surface area contributed by atoms with Crippen LogP contribution in [0.1, 0.15) is 37.6 Å². The number of benzene rings is 1. The van der Waals surface area contributed by atoms with Crippen molar-refractivity contribution in [3.05, 3.63) is 52.2 Å². The minimum absolute atomic E-state index is 0.486. The Morgan fingerprint density at radius 2 is 1.95 bits per heavy atom. The van der Waals surface area contributed by atoms with Crippen molar-refractivity contribution in [1.82, 2.24) is 5.32 Å². The molecule has 3 heteroatoms. The van der Waals surface area contributed by atoms with Crippen LogP contribution in [0.4, 0.5) is 5.69 Å². The molecule has 1 N–H and O–H groups in total. The van der Waals surface area contributed by atoms with Gasteiger partial charge in [-0.3, -0.25) is 0 Å². The zero-order chi connectivity index (χ0) is 15.1. The predicted molar refractivity (Wildman–Crippen MR) is 94.1 cm³/mol. The number of hydrogen-bond donors (Lipinski definition) is 1. The number of thiophene rings is 1. The minimum Gasteiger partial charge on any atom is -0.364 e. The van der Waals surface area contributed by atoms with Crippen LogP contribution in [0.3, 0.4) is 0 Å². The lowest BCUT2D eigenvalue weighted by Gasteiger charge is -2.30. The van der Waals surface area contributed by atoms with Gasteiger partial charge in [0.1, 0.15) is 0 Å². The van der Waals surface area contributed by atoms with Gasteiger partial charge in [0.2, 0.25) is 0 Å². The Morgan fingerprint density at radius 3 is 2.62 bits per heavy atom. The van der Waals surface area contributed by atoms with Crippen molar-refractivity contribution in [2.24, 2.45) is 0 Å². The Hall–Kier alpha value is -1.32. The van der Waals surface area contributed by atoms with Crippen LogP contribution in [0, 0.1) is 0 Å². The summed E-state index contributed by atoms with van der Waals surface area (Å²) in [6, 6.07) is 13.6.